The number of nitrogens with zero attached hydrogens (tertiary/aromatic N) is 1. The van der Waals surface area contributed by atoms with E-state index in [0.717, 1.165) is 44.6 Å². The van der Waals surface area contributed by atoms with E-state index in [-0.39, 0.29) is 6.04 Å². The van der Waals surface area contributed by atoms with Crippen LogP contribution in [-0.2, 0) is 0 Å². The van der Waals surface area contributed by atoms with Crippen LogP contribution < -0.4 is 5.32 Å². The van der Waals surface area contributed by atoms with E-state index < -0.39 is 17.5 Å². The molecule has 2 rings (SSSR count). The number of hydrogen-bond donors (Lipinski definition) is 1. The molecule has 0 bridgehead atoms. The Kier molecular flexibility index (Phi) is 4.91. The molecule has 0 radical (unpaired) electrons. The van der Waals surface area contributed by atoms with Crippen molar-refractivity contribution in [2.75, 3.05) is 25.0 Å². The first-order valence-corrected chi connectivity index (χ1v) is 7.09. The van der Waals surface area contributed by atoms with Crippen LogP contribution in [0.3, 0.4) is 0 Å². The van der Waals surface area contributed by atoms with Gasteiger partial charge in [-0.1, -0.05) is 13.8 Å². The summed E-state index contributed by atoms with van der Waals surface area (Å²) in [5, 5.41) is 3.09. The van der Waals surface area contributed by atoms with Crippen molar-refractivity contribution in [1.82, 2.24) is 4.90 Å². The Bertz CT molecular complexity index is 431. The van der Waals surface area contributed by atoms with E-state index in [1.807, 2.05) is 0 Å². The van der Waals surface area contributed by atoms with Crippen LogP contribution in [0.2, 0.25) is 0 Å². The molecule has 20 heavy (non-hydrogen) atoms. The molecule has 1 fully saturated rings. The summed E-state index contributed by atoms with van der Waals surface area (Å²) in [6, 6.07) is 2.21. The van der Waals surface area contributed by atoms with E-state index in [0.29, 0.717) is 11.6 Å². The predicted molar refractivity (Wildman–Crippen MR) is 74.2 cm³/mol. The monoisotopic (exact) mass is 286 g/mol. The maximum Gasteiger partial charge on any atom is 0.194 e. The van der Waals surface area contributed by atoms with Crippen LogP contribution in [-0.4, -0.2) is 30.6 Å². The second-order valence-corrected chi connectivity index (χ2v) is 5.87. The van der Waals surface area contributed by atoms with Gasteiger partial charge >= 0.3 is 0 Å². The molecule has 1 heterocycles. The minimum atomic E-state index is -1.41. The van der Waals surface area contributed by atoms with E-state index in [1.165, 1.54) is 0 Å². The van der Waals surface area contributed by atoms with Crippen molar-refractivity contribution >= 4 is 5.69 Å². The van der Waals surface area contributed by atoms with Crippen LogP contribution in [0.4, 0.5) is 18.9 Å². The standard InChI is InChI=1S/C15H21F3N2/c1-10(2)9-20-5-3-11(4-6-20)19-12-7-13(16)15(18)14(17)8-12/h7-8,10-11,19H,3-6,9H2,1-2H3. The molecule has 0 aromatic heterocycles. The van der Waals surface area contributed by atoms with Gasteiger partial charge in [-0.2, -0.15) is 0 Å². The lowest BCUT2D eigenvalue weighted by atomic mass is 10.0. The molecule has 1 aromatic rings. The number of likely N-dealkylation sites (tertiary alicyclic amines) is 1. The van der Waals surface area contributed by atoms with Gasteiger partial charge in [0.15, 0.2) is 17.5 Å². The molecule has 0 amide bonds. The van der Waals surface area contributed by atoms with E-state index in [2.05, 4.69) is 24.1 Å². The molecule has 1 N–H and O–H groups in total. The normalized spacial score (nSPS) is 17.7. The van der Waals surface area contributed by atoms with Gasteiger partial charge in [0.05, 0.1) is 0 Å². The molecule has 112 valence electrons. The van der Waals surface area contributed by atoms with Gasteiger partial charge in [-0.05, 0) is 18.8 Å². The van der Waals surface area contributed by atoms with Crippen molar-refractivity contribution in [2.24, 2.45) is 5.92 Å². The summed E-state index contributed by atoms with van der Waals surface area (Å²) in [5.41, 5.74) is 0.309. The Morgan fingerprint density at radius 1 is 1.15 bits per heavy atom. The molecule has 0 aliphatic carbocycles. The number of anilines is 1. The third-order valence-corrected chi connectivity index (χ3v) is 3.57. The summed E-state index contributed by atoms with van der Waals surface area (Å²) < 4.78 is 39.2. The Balaban J connectivity index is 1.89. The third kappa shape index (κ3) is 3.88. The van der Waals surface area contributed by atoms with Crippen LogP contribution in [0.25, 0.3) is 0 Å². The van der Waals surface area contributed by atoms with Crippen LogP contribution in [0.5, 0.6) is 0 Å². The molecule has 0 spiro atoms. The van der Waals surface area contributed by atoms with Crippen molar-refractivity contribution in [3.8, 4) is 0 Å². The summed E-state index contributed by atoms with van der Waals surface area (Å²) in [6.45, 7) is 7.40. The highest BCUT2D eigenvalue weighted by atomic mass is 19.2. The molecular formula is C15H21F3N2. The maximum atomic E-state index is 13.1. The molecule has 5 heteroatoms. The molecule has 2 nitrogen and oxygen atoms in total. The molecule has 1 aliphatic rings. The fraction of sp³-hybridized carbons (Fsp3) is 0.600. The summed E-state index contributed by atoms with van der Waals surface area (Å²) in [6.07, 6.45) is 1.85. The Morgan fingerprint density at radius 3 is 2.20 bits per heavy atom. The van der Waals surface area contributed by atoms with Crippen LogP contribution in [0, 0.1) is 23.4 Å². The van der Waals surface area contributed by atoms with Crippen molar-refractivity contribution in [3.63, 3.8) is 0 Å². The Labute approximate surface area is 118 Å². The predicted octanol–water partition coefficient (Wildman–Crippen LogP) is 3.64. The van der Waals surface area contributed by atoms with Gasteiger partial charge in [0.2, 0.25) is 0 Å². The second kappa shape index (κ2) is 6.48. The zero-order valence-corrected chi connectivity index (χ0v) is 11.9. The first-order chi connectivity index (χ1) is 9.45. The van der Waals surface area contributed by atoms with Gasteiger partial charge in [-0.15, -0.1) is 0 Å². The van der Waals surface area contributed by atoms with E-state index in [4.69, 9.17) is 0 Å². The minimum Gasteiger partial charge on any atom is -0.382 e. The molecular weight excluding hydrogens is 265 g/mol. The van der Waals surface area contributed by atoms with Gasteiger partial charge < -0.3 is 10.2 Å². The first-order valence-electron chi connectivity index (χ1n) is 7.09. The van der Waals surface area contributed by atoms with Crippen molar-refractivity contribution < 1.29 is 13.2 Å². The third-order valence-electron chi connectivity index (χ3n) is 3.57. The smallest absolute Gasteiger partial charge is 0.194 e. The molecule has 0 saturated carbocycles. The van der Waals surface area contributed by atoms with Crippen LogP contribution in [0.15, 0.2) is 12.1 Å². The zero-order chi connectivity index (χ0) is 14.7. The fourth-order valence-corrected chi connectivity index (χ4v) is 2.65. The van der Waals surface area contributed by atoms with Crippen LogP contribution >= 0.6 is 0 Å². The van der Waals surface area contributed by atoms with Gasteiger partial charge in [0.25, 0.3) is 0 Å². The quantitative estimate of drug-likeness (QED) is 0.850. The highest BCUT2D eigenvalue weighted by molar-refractivity contribution is 5.45. The van der Waals surface area contributed by atoms with Gasteiger partial charge in [0.1, 0.15) is 0 Å². The minimum absolute atomic E-state index is 0.183. The number of piperidine rings is 1. The molecule has 1 saturated heterocycles. The summed E-state index contributed by atoms with van der Waals surface area (Å²) in [7, 11) is 0. The van der Waals surface area contributed by atoms with Crippen molar-refractivity contribution in [3.05, 3.63) is 29.6 Å². The Morgan fingerprint density at radius 2 is 1.70 bits per heavy atom. The summed E-state index contributed by atoms with van der Waals surface area (Å²) >= 11 is 0. The number of rotatable bonds is 4. The first kappa shape index (κ1) is 15.2. The number of benzene rings is 1. The molecule has 0 unspecified atom stereocenters. The molecule has 1 aliphatic heterocycles. The summed E-state index contributed by atoms with van der Waals surface area (Å²) in [4.78, 5) is 2.40. The maximum absolute atomic E-state index is 13.1. The van der Waals surface area contributed by atoms with E-state index >= 15 is 0 Å². The highest BCUT2D eigenvalue weighted by Gasteiger charge is 2.20. The van der Waals surface area contributed by atoms with Crippen molar-refractivity contribution in [2.45, 2.75) is 32.7 Å². The van der Waals surface area contributed by atoms with Crippen LogP contribution in [0.1, 0.15) is 26.7 Å². The highest BCUT2D eigenvalue weighted by Crippen LogP contribution is 2.21. The fourth-order valence-electron chi connectivity index (χ4n) is 2.65. The lowest BCUT2D eigenvalue weighted by Crippen LogP contribution is -2.40. The van der Waals surface area contributed by atoms with Crippen molar-refractivity contribution in [1.29, 1.82) is 0 Å². The number of nitrogens with one attached hydrogen (secondary N) is 1. The lowest BCUT2D eigenvalue weighted by molar-refractivity contribution is 0.198. The van der Waals surface area contributed by atoms with Gasteiger partial charge in [0, 0.05) is 43.5 Å². The molecule has 0 atom stereocenters. The van der Waals surface area contributed by atoms with E-state index in [9.17, 15) is 13.2 Å². The number of halogens is 3. The largest absolute Gasteiger partial charge is 0.382 e. The summed E-state index contributed by atoms with van der Waals surface area (Å²) in [5.74, 6) is -3.07. The van der Waals surface area contributed by atoms with Gasteiger partial charge in [-0.25, -0.2) is 13.2 Å². The zero-order valence-electron chi connectivity index (χ0n) is 11.9. The average molecular weight is 286 g/mol. The SMILES string of the molecule is CC(C)CN1CCC(Nc2cc(F)c(F)c(F)c2)CC1. The second-order valence-electron chi connectivity index (χ2n) is 5.87. The number of hydrogen-bond acceptors (Lipinski definition) is 2. The molecule has 1 aromatic carbocycles. The lowest BCUT2D eigenvalue weighted by Gasteiger charge is -2.33. The average Bonchev–Trinajstić information content (AvgIpc) is 2.37. The Hall–Kier alpha value is -1.23. The van der Waals surface area contributed by atoms with E-state index in [1.54, 1.807) is 0 Å². The topological polar surface area (TPSA) is 15.3 Å². The van der Waals surface area contributed by atoms with Gasteiger partial charge in [-0.3, -0.25) is 0 Å².